The highest BCUT2D eigenvalue weighted by Crippen LogP contribution is 2.16. The number of amides is 1. The second kappa shape index (κ2) is 9.13. The van der Waals surface area contributed by atoms with Crippen LogP contribution in [0.3, 0.4) is 0 Å². The lowest BCUT2D eigenvalue weighted by Gasteiger charge is -2.21. The van der Waals surface area contributed by atoms with Crippen molar-refractivity contribution in [2.45, 2.75) is 26.2 Å². The Bertz CT molecular complexity index is 395. The van der Waals surface area contributed by atoms with Crippen molar-refractivity contribution < 1.29 is 4.79 Å². The van der Waals surface area contributed by atoms with E-state index in [0.717, 1.165) is 31.6 Å². The molecule has 0 radical (unpaired) electrons. The Hall–Kier alpha value is -0.840. The number of carbonyl (C=O) groups excluding carboxylic acids is 1. The van der Waals surface area contributed by atoms with Gasteiger partial charge in [0.05, 0.1) is 0 Å². The van der Waals surface area contributed by atoms with Crippen molar-refractivity contribution in [3.05, 3.63) is 23.9 Å². The van der Waals surface area contributed by atoms with Crippen molar-refractivity contribution >= 4 is 36.5 Å². The van der Waals surface area contributed by atoms with E-state index in [4.69, 9.17) is 0 Å². The van der Waals surface area contributed by atoms with Gasteiger partial charge in [0, 0.05) is 12.1 Å². The molecule has 1 amide bonds. The van der Waals surface area contributed by atoms with Gasteiger partial charge < -0.3 is 10.6 Å². The van der Waals surface area contributed by atoms with Crippen LogP contribution in [-0.2, 0) is 4.79 Å². The zero-order chi connectivity index (χ0) is 12.1. The second-order valence-electron chi connectivity index (χ2n) is 4.61. The summed E-state index contributed by atoms with van der Waals surface area (Å²) in [5.74, 6) is 1.25. The first-order chi connectivity index (χ1) is 8.24. The van der Waals surface area contributed by atoms with E-state index in [2.05, 4.69) is 15.6 Å². The summed E-state index contributed by atoms with van der Waals surface area (Å²) >= 11 is 0. The predicted octanol–water partition coefficient (Wildman–Crippen LogP) is 2.56. The minimum absolute atomic E-state index is 0. The number of aryl methyl sites for hydroxylation is 1. The Morgan fingerprint density at radius 1 is 1.37 bits per heavy atom. The lowest BCUT2D eigenvalue weighted by molar-refractivity contribution is -0.117. The smallest absolute Gasteiger partial charge is 0.225 e. The molecule has 0 bridgehead atoms. The average Bonchev–Trinajstić information content (AvgIpc) is 2.30. The molecule has 1 aliphatic heterocycles. The highest BCUT2D eigenvalue weighted by atomic mass is 35.5. The van der Waals surface area contributed by atoms with Gasteiger partial charge >= 0.3 is 0 Å². The van der Waals surface area contributed by atoms with Gasteiger partial charge in [-0.3, -0.25) is 4.79 Å². The molecule has 6 heteroatoms. The number of pyridine rings is 1. The average molecular weight is 306 g/mol. The molecule has 1 aromatic heterocycles. The zero-order valence-corrected chi connectivity index (χ0v) is 12.6. The number of nitrogens with zero attached hydrogens (tertiary/aromatic N) is 1. The summed E-state index contributed by atoms with van der Waals surface area (Å²) in [7, 11) is 0. The lowest BCUT2D eigenvalue weighted by Crippen LogP contribution is -2.30. The maximum Gasteiger partial charge on any atom is 0.225 e. The van der Waals surface area contributed by atoms with Gasteiger partial charge in [0.2, 0.25) is 5.91 Å². The van der Waals surface area contributed by atoms with Crippen molar-refractivity contribution in [1.29, 1.82) is 0 Å². The van der Waals surface area contributed by atoms with E-state index in [1.54, 1.807) is 0 Å². The van der Waals surface area contributed by atoms with Gasteiger partial charge in [0.25, 0.3) is 0 Å². The molecule has 1 aromatic rings. The molecule has 2 heterocycles. The van der Waals surface area contributed by atoms with Gasteiger partial charge in [0.15, 0.2) is 0 Å². The minimum Gasteiger partial charge on any atom is -0.317 e. The summed E-state index contributed by atoms with van der Waals surface area (Å²) in [4.78, 5) is 16.1. The van der Waals surface area contributed by atoms with Gasteiger partial charge in [-0.2, -0.15) is 0 Å². The molecule has 0 aromatic carbocycles. The third kappa shape index (κ3) is 6.23. The molecule has 0 aliphatic carbocycles. The molecule has 2 N–H and O–H groups in total. The summed E-state index contributed by atoms with van der Waals surface area (Å²) < 4.78 is 0. The molecular formula is C13H21Cl2N3O. The summed E-state index contributed by atoms with van der Waals surface area (Å²) in [5.41, 5.74) is 0.921. The zero-order valence-electron chi connectivity index (χ0n) is 11.0. The number of rotatable bonds is 3. The molecule has 0 saturated carbocycles. The molecular weight excluding hydrogens is 285 g/mol. The number of piperidine rings is 1. The normalized spacial score (nSPS) is 15.0. The van der Waals surface area contributed by atoms with Crippen LogP contribution in [0.2, 0.25) is 0 Å². The van der Waals surface area contributed by atoms with Crippen molar-refractivity contribution in [1.82, 2.24) is 10.3 Å². The Kier molecular flexibility index (Phi) is 8.72. The number of carbonyl (C=O) groups is 1. The summed E-state index contributed by atoms with van der Waals surface area (Å²) in [6, 6.07) is 5.65. The third-order valence-corrected chi connectivity index (χ3v) is 3.09. The highest BCUT2D eigenvalue weighted by Gasteiger charge is 2.16. The van der Waals surface area contributed by atoms with Gasteiger partial charge in [0.1, 0.15) is 5.82 Å². The van der Waals surface area contributed by atoms with E-state index >= 15 is 0 Å². The maximum absolute atomic E-state index is 11.8. The van der Waals surface area contributed by atoms with Crippen molar-refractivity contribution in [2.24, 2.45) is 5.92 Å². The quantitative estimate of drug-likeness (QED) is 0.902. The third-order valence-electron chi connectivity index (χ3n) is 3.09. The van der Waals surface area contributed by atoms with Crippen LogP contribution in [-0.4, -0.2) is 24.0 Å². The van der Waals surface area contributed by atoms with Gasteiger partial charge in [-0.15, -0.1) is 24.8 Å². The predicted molar refractivity (Wildman–Crippen MR) is 82.3 cm³/mol. The Morgan fingerprint density at radius 2 is 2.05 bits per heavy atom. The van der Waals surface area contributed by atoms with Gasteiger partial charge in [-0.25, -0.2) is 4.98 Å². The molecule has 2 rings (SSSR count). The topological polar surface area (TPSA) is 54.0 Å². The van der Waals surface area contributed by atoms with Crippen LogP contribution in [0.25, 0.3) is 0 Å². The van der Waals surface area contributed by atoms with Crippen LogP contribution in [0.1, 0.15) is 25.0 Å². The standard InChI is InChI=1S/C13H19N3O.2ClH/c1-10-3-2-4-12(15-10)16-13(17)9-11-5-7-14-8-6-11;;/h2-4,11,14H,5-9H2,1H3,(H,15,16,17);2*1H. The first-order valence-electron chi connectivity index (χ1n) is 6.18. The number of anilines is 1. The van der Waals surface area contributed by atoms with Crippen molar-refractivity contribution in [3.8, 4) is 0 Å². The maximum atomic E-state index is 11.8. The molecule has 0 atom stereocenters. The first-order valence-corrected chi connectivity index (χ1v) is 6.18. The largest absolute Gasteiger partial charge is 0.317 e. The Balaban J connectivity index is 0.00000162. The van der Waals surface area contributed by atoms with E-state index in [0.29, 0.717) is 18.2 Å². The monoisotopic (exact) mass is 305 g/mol. The summed E-state index contributed by atoms with van der Waals surface area (Å²) in [6.45, 7) is 3.98. The molecule has 0 unspecified atom stereocenters. The van der Waals surface area contributed by atoms with Gasteiger partial charge in [-0.05, 0) is 50.9 Å². The molecule has 1 fully saturated rings. The highest BCUT2D eigenvalue weighted by molar-refractivity contribution is 5.89. The Morgan fingerprint density at radius 3 is 2.68 bits per heavy atom. The van der Waals surface area contributed by atoms with Crippen LogP contribution < -0.4 is 10.6 Å². The van der Waals surface area contributed by atoms with Crippen molar-refractivity contribution in [3.63, 3.8) is 0 Å². The van der Waals surface area contributed by atoms with E-state index in [9.17, 15) is 4.79 Å². The summed E-state index contributed by atoms with van der Waals surface area (Å²) in [6.07, 6.45) is 2.79. The second-order valence-corrected chi connectivity index (χ2v) is 4.61. The summed E-state index contributed by atoms with van der Waals surface area (Å²) in [5, 5.41) is 6.16. The van der Waals surface area contributed by atoms with E-state index in [1.807, 2.05) is 25.1 Å². The van der Waals surface area contributed by atoms with Crippen LogP contribution in [0.15, 0.2) is 18.2 Å². The van der Waals surface area contributed by atoms with Crippen molar-refractivity contribution in [2.75, 3.05) is 18.4 Å². The number of aromatic nitrogens is 1. The first kappa shape index (κ1) is 18.2. The molecule has 1 saturated heterocycles. The van der Waals surface area contributed by atoms with Crippen LogP contribution >= 0.6 is 24.8 Å². The number of hydrogen-bond acceptors (Lipinski definition) is 3. The Labute approximate surface area is 126 Å². The van der Waals surface area contributed by atoms with Gasteiger partial charge in [-0.1, -0.05) is 6.07 Å². The fraction of sp³-hybridized carbons (Fsp3) is 0.538. The van der Waals surface area contributed by atoms with Crippen LogP contribution in [0.5, 0.6) is 0 Å². The van der Waals surface area contributed by atoms with E-state index in [1.165, 1.54) is 0 Å². The molecule has 108 valence electrons. The van der Waals surface area contributed by atoms with Crippen LogP contribution in [0.4, 0.5) is 5.82 Å². The molecule has 0 spiro atoms. The molecule has 19 heavy (non-hydrogen) atoms. The van der Waals surface area contributed by atoms with E-state index in [-0.39, 0.29) is 30.7 Å². The molecule has 4 nitrogen and oxygen atoms in total. The number of nitrogens with one attached hydrogen (secondary N) is 2. The fourth-order valence-electron chi connectivity index (χ4n) is 2.15. The van der Waals surface area contributed by atoms with E-state index < -0.39 is 0 Å². The fourth-order valence-corrected chi connectivity index (χ4v) is 2.15. The molecule has 1 aliphatic rings. The van der Waals surface area contributed by atoms with Crippen LogP contribution in [0, 0.1) is 12.8 Å². The number of halogens is 2. The lowest BCUT2D eigenvalue weighted by atomic mass is 9.94. The minimum atomic E-state index is 0. The number of hydrogen-bond donors (Lipinski definition) is 2. The SMILES string of the molecule is Cc1cccc(NC(=O)CC2CCNCC2)n1.Cl.Cl.